The summed E-state index contributed by atoms with van der Waals surface area (Å²) in [6, 6.07) is 31.5. The van der Waals surface area contributed by atoms with Gasteiger partial charge in [0.15, 0.2) is 0 Å². The Bertz CT molecular complexity index is 1650. The lowest BCUT2D eigenvalue weighted by molar-refractivity contribution is -0.147. The first-order valence-electron chi connectivity index (χ1n) is 15.3. The quantitative estimate of drug-likeness (QED) is 0.170. The van der Waals surface area contributed by atoms with Crippen LogP contribution in [0.25, 0.3) is 11.1 Å². The molecule has 0 bridgehead atoms. The number of nitrogens with zero attached hydrogens (tertiary/aromatic N) is 1. The Morgan fingerprint density at radius 1 is 0.723 bits per heavy atom. The fraction of sp³-hybridized carbons (Fsp3) is 0.243. The molecule has 0 fully saturated rings. The van der Waals surface area contributed by atoms with Gasteiger partial charge in [-0.05, 0) is 40.4 Å². The molecule has 4 aromatic rings. The minimum absolute atomic E-state index is 0.00527. The summed E-state index contributed by atoms with van der Waals surface area (Å²) in [5.74, 6) is -3.07. The standard InChI is InChI=1S/C37H37N3O7/c1-40(21-25-12-4-2-5-13-25)22-33(36(43)44)38-35(42)32(20-34(41)46-23-26-14-6-3-7-15-26)39-37(45)47-24-31-29-18-10-8-16-27(29)28-17-9-11-19-30(28)31/h2-19,31-33H,20-24H2,1H3,(H,38,42)(H,39,45)(H,43,44)/t32-,33?/m0/s1. The second-order valence-corrected chi connectivity index (χ2v) is 11.5. The number of ether oxygens (including phenoxy) is 2. The third kappa shape index (κ3) is 8.83. The van der Waals surface area contributed by atoms with Crippen LogP contribution in [0.4, 0.5) is 4.79 Å². The van der Waals surface area contributed by atoms with Crippen LogP contribution < -0.4 is 10.6 Å². The number of hydrogen-bond acceptors (Lipinski definition) is 7. The van der Waals surface area contributed by atoms with Crippen LogP contribution in [0.15, 0.2) is 109 Å². The molecule has 4 aromatic carbocycles. The van der Waals surface area contributed by atoms with Gasteiger partial charge in [0.1, 0.15) is 25.3 Å². The molecule has 1 aliphatic carbocycles. The predicted octanol–water partition coefficient (Wildman–Crippen LogP) is 4.73. The van der Waals surface area contributed by atoms with Crippen molar-refractivity contribution in [2.45, 2.75) is 37.6 Å². The molecule has 0 heterocycles. The zero-order valence-corrected chi connectivity index (χ0v) is 26.0. The van der Waals surface area contributed by atoms with Crippen molar-refractivity contribution >= 4 is 23.9 Å². The highest BCUT2D eigenvalue weighted by atomic mass is 16.5. The van der Waals surface area contributed by atoms with Crippen LogP contribution >= 0.6 is 0 Å². The number of esters is 1. The number of benzene rings is 4. The Balaban J connectivity index is 1.25. The summed E-state index contributed by atoms with van der Waals surface area (Å²) in [6.45, 7) is 0.398. The van der Waals surface area contributed by atoms with Crippen LogP contribution in [0.5, 0.6) is 0 Å². The van der Waals surface area contributed by atoms with Crippen molar-refractivity contribution in [3.63, 3.8) is 0 Å². The largest absolute Gasteiger partial charge is 0.480 e. The van der Waals surface area contributed by atoms with Gasteiger partial charge in [-0.2, -0.15) is 0 Å². The van der Waals surface area contributed by atoms with Crippen LogP contribution in [-0.2, 0) is 37.0 Å². The first-order chi connectivity index (χ1) is 22.8. The number of likely N-dealkylation sites (N-methyl/N-ethyl adjacent to an activating group) is 1. The number of carboxylic acid groups (broad SMARTS) is 1. The van der Waals surface area contributed by atoms with Crippen molar-refractivity contribution in [2.75, 3.05) is 20.2 Å². The molecule has 1 unspecified atom stereocenters. The second-order valence-electron chi connectivity index (χ2n) is 11.5. The van der Waals surface area contributed by atoms with E-state index in [0.717, 1.165) is 33.4 Å². The predicted molar refractivity (Wildman–Crippen MR) is 175 cm³/mol. The van der Waals surface area contributed by atoms with Crippen molar-refractivity contribution in [3.05, 3.63) is 131 Å². The monoisotopic (exact) mass is 635 g/mol. The molecule has 2 amide bonds. The van der Waals surface area contributed by atoms with Gasteiger partial charge in [-0.25, -0.2) is 9.59 Å². The highest BCUT2D eigenvalue weighted by Gasteiger charge is 2.32. The molecule has 0 aromatic heterocycles. The molecule has 0 saturated heterocycles. The fourth-order valence-electron chi connectivity index (χ4n) is 5.68. The molecule has 0 saturated carbocycles. The molecule has 2 atom stereocenters. The minimum Gasteiger partial charge on any atom is -0.480 e. The number of carbonyl (C=O) groups excluding carboxylic acids is 3. The van der Waals surface area contributed by atoms with Gasteiger partial charge in [0, 0.05) is 19.0 Å². The third-order valence-electron chi connectivity index (χ3n) is 7.97. The van der Waals surface area contributed by atoms with Crippen LogP contribution in [0.2, 0.25) is 0 Å². The van der Waals surface area contributed by atoms with Crippen molar-refractivity contribution in [1.82, 2.24) is 15.5 Å². The lowest BCUT2D eigenvalue weighted by Gasteiger charge is -2.25. The lowest BCUT2D eigenvalue weighted by atomic mass is 9.98. The van der Waals surface area contributed by atoms with Crippen LogP contribution in [0.1, 0.15) is 34.6 Å². The van der Waals surface area contributed by atoms with E-state index in [1.54, 1.807) is 36.2 Å². The topological polar surface area (TPSA) is 134 Å². The summed E-state index contributed by atoms with van der Waals surface area (Å²) >= 11 is 0. The Hall–Kier alpha value is -5.48. The van der Waals surface area contributed by atoms with E-state index >= 15 is 0 Å². The number of alkyl carbamates (subject to hydrolysis) is 1. The maximum Gasteiger partial charge on any atom is 0.407 e. The molecule has 5 rings (SSSR count). The maximum absolute atomic E-state index is 13.5. The van der Waals surface area contributed by atoms with E-state index in [0.29, 0.717) is 6.54 Å². The molecule has 10 heteroatoms. The molecule has 0 radical (unpaired) electrons. The van der Waals surface area contributed by atoms with Crippen LogP contribution in [-0.4, -0.2) is 66.2 Å². The van der Waals surface area contributed by atoms with E-state index in [9.17, 15) is 24.3 Å². The van der Waals surface area contributed by atoms with Gasteiger partial charge >= 0.3 is 18.0 Å². The summed E-state index contributed by atoms with van der Waals surface area (Å²) in [4.78, 5) is 53.3. The zero-order chi connectivity index (χ0) is 33.2. The number of carboxylic acids is 1. The Morgan fingerprint density at radius 3 is 1.87 bits per heavy atom. The smallest absolute Gasteiger partial charge is 0.407 e. The van der Waals surface area contributed by atoms with Gasteiger partial charge in [0.25, 0.3) is 0 Å². The van der Waals surface area contributed by atoms with Crippen molar-refractivity contribution in [2.24, 2.45) is 0 Å². The lowest BCUT2D eigenvalue weighted by Crippen LogP contribution is -2.55. The molecule has 242 valence electrons. The molecule has 47 heavy (non-hydrogen) atoms. The second kappa shape index (κ2) is 15.7. The van der Waals surface area contributed by atoms with E-state index in [1.807, 2.05) is 84.9 Å². The average molecular weight is 636 g/mol. The van der Waals surface area contributed by atoms with Gasteiger partial charge < -0.3 is 25.2 Å². The number of hydrogen-bond donors (Lipinski definition) is 3. The minimum atomic E-state index is -1.45. The Kier molecular flexibility index (Phi) is 11.0. The van der Waals surface area contributed by atoms with Crippen molar-refractivity contribution in [1.29, 1.82) is 0 Å². The van der Waals surface area contributed by atoms with Crippen LogP contribution in [0, 0.1) is 0 Å². The highest BCUT2D eigenvalue weighted by Crippen LogP contribution is 2.44. The maximum atomic E-state index is 13.5. The van der Waals surface area contributed by atoms with Crippen LogP contribution in [0.3, 0.4) is 0 Å². The van der Waals surface area contributed by atoms with E-state index < -0.39 is 42.4 Å². The summed E-state index contributed by atoms with van der Waals surface area (Å²) < 4.78 is 11.0. The number of nitrogens with one attached hydrogen (secondary N) is 2. The number of amides is 2. The molecule has 1 aliphatic rings. The van der Waals surface area contributed by atoms with Gasteiger partial charge in [0.05, 0.1) is 6.42 Å². The molecular formula is C37H37N3O7. The molecule has 3 N–H and O–H groups in total. The Labute approximate surface area is 273 Å². The normalized spacial score (nSPS) is 13.1. The summed E-state index contributed by atoms with van der Waals surface area (Å²) in [7, 11) is 1.74. The summed E-state index contributed by atoms with van der Waals surface area (Å²) in [5, 5.41) is 14.9. The SMILES string of the molecule is CN(Cc1ccccc1)CC(NC(=O)[C@H](CC(=O)OCc1ccccc1)NC(=O)OCC1c2ccccc2-c2ccccc21)C(=O)O. The van der Waals surface area contributed by atoms with Gasteiger partial charge in [0.2, 0.25) is 5.91 Å². The average Bonchev–Trinajstić information content (AvgIpc) is 3.40. The molecule has 0 spiro atoms. The summed E-state index contributed by atoms with van der Waals surface area (Å²) in [6.07, 6.45) is -1.45. The first kappa shape index (κ1) is 32.9. The number of rotatable bonds is 14. The zero-order valence-electron chi connectivity index (χ0n) is 26.0. The van der Waals surface area contributed by atoms with E-state index in [4.69, 9.17) is 9.47 Å². The fourth-order valence-corrected chi connectivity index (χ4v) is 5.68. The first-order valence-corrected chi connectivity index (χ1v) is 15.3. The van der Waals surface area contributed by atoms with Gasteiger partial charge in [-0.1, -0.05) is 109 Å². The Morgan fingerprint density at radius 2 is 1.28 bits per heavy atom. The number of carbonyl (C=O) groups is 4. The number of fused-ring (bicyclic) bond motifs is 3. The van der Waals surface area contributed by atoms with E-state index in [2.05, 4.69) is 10.6 Å². The van der Waals surface area contributed by atoms with Gasteiger partial charge in [-0.3, -0.25) is 14.5 Å². The van der Waals surface area contributed by atoms with E-state index in [1.165, 1.54) is 0 Å². The highest BCUT2D eigenvalue weighted by molar-refractivity contribution is 5.92. The molecule has 10 nitrogen and oxygen atoms in total. The summed E-state index contributed by atoms with van der Waals surface area (Å²) in [5.41, 5.74) is 5.88. The van der Waals surface area contributed by atoms with Gasteiger partial charge in [-0.15, -0.1) is 0 Å². The molecule has 0 aliphatic heterocycles. The van der Waals surface area contributed by atoms with Crippen molar-refractivity contribution in [3.8, 4) is 11.1 Å². The van der Waals surface area contributed by atoms with E-state index in [-0.39, 0.29) is 25.7 Å². The van der Waals surface area contributed by atoms with Crippen molar-refractivity contribution < 1.29 is 33.8 Å². The number of aliphatic carboxylic acids is 1. The third-order valence-corrected chi connectivity index (χ3v) is 7.97. The molecular weight excluding hydrogens is 598 g/mol.